The van der Waals surface area contributed by atoms with E-state index < -0.39 is 0 Å². The lowest BCUT2D eigenvalue weighted by molar-refractivity contribution is -0.116. The Kier molecular flexibility index (Phi) is 3.52. The number of benzene rings is 2. The van der Waals surface area contributed by atoms with Crippen LogP contribution >= 0.6 is 0 Å². The summed E-state index contributed by atoms with van der Waals surface area (Å²) in [6, 6.07) is 13.2. The molecule has 0 spiro atoms. The van der Waals surface area contributed by atoms with Crippen LogP contribution in [-0.4, -0.2) is 17.6 Å². The smallest absolute Gasteiger partial charge is 0.225 e. The summed E-state index contributed by atoms with van der Waals surface area (Å²) >= 11 is 0. The van der Waals surface area contributed by atoms with E-state index in [1.807, 2.05) is 31.2 Å². The van der Waals surface area contributed by atoms with Crippen molar-refractivity contribution in [3.63, 3.8) is 0 Å². The zero-order valence-corrected chi connectivity index (χ0v) is 11.9. The monoisotopic (exact) mass is 282 g/mol. The molecule has 1 amide bonds. The van der Waals surface area contributed by atoms with Crippen molar-refractivity contribution in [1.29, 1.82) is 0 Å². The van der Waals surface area contributed by atoms with Crippen LogP contribution in [0.4, 0.5) is 11.4 Å². The maximum absolute atomic E-state index is 12.2. The van der Waals surface area contributed by atoms with Gasteiger partial charge in [-0.25, -0.2) is 0 Å². The number of anilines is 2. The fourth-order valence-electron chi connectivity index (χ4n) is 2.71. The molecule has 1 unspecified atom stereocenters. The number of amides is 1. The molecule has 0 fully saturated rings. The highest BCUT2D eigenvalue weighted by molar-refractivity contribution is 5.93. The molecule has 1 aliphatic heterocycles. The van der Waals surface area contributed by atoms with Crippen molar-refractivity contribution in [3.05, 3.63) is 53.6 Å². The Hall–Kier alpha value is -2.49. The molecule has 0 saturated heterocycles. The number of hydrogen-bond donors (Lipinski definition) is 3. The summed E-state index contributed by atoms with van der Waals surface area (Å²) in [5.41, 5.74) is 3.75. The van der Waals surface area contributed by atoms with Crippen LogP contribution in [0.25, 0.3) is 0 Å². The van der Waals surface area contributed by atoms with Crippen LogP contribution in [-0.2, 0) is 4.79 Å². The average molecular weight is 282 g/mol. The fraction of sp³-hybridized carbons (Fsp3) is 0.235. The first-order valence-electron chi connectivity index (χ1n) is 7.06. The second kappa shape index (κ2) is 5.48. The molecule has 3 N–H and O–H groups in total. The van der Waals surface area contributed by atoms with Gasteiger partial charge in [-0.3, -0.25) is 4.79 Å². The van der Waals surface area contributed by atoms with E-state index in [1.54, 1.807) is 12.1 Å². The summed E-state index contributed by atoms with van der Waals surface area (Å²) in [7, 11) is 0. The topological polar surface area (TPSA) is 61.4 Å². The summed E-state index contributed by atoms with van der Waals surface area (Å²) in [5, 5.41) is 15.9. The van der Waals surface area contributed by atoms with E-state index in [2.05, 4.69) is 16.7 Å². The molecule has 21 heavy (non-hydrogen) atoms. The number of carbonyl (C=O) groups excluding carboxylic acids is 1. The maximum atomic E-state index is 12.2. The maximum Gasteiger partial charge on any atom is 0.225 e. The second-order valence-corrected chi connectivity index (χ2v) is 5.44. The van der Waals surface area contributed by atoms with Crippen molar-refractivity contribution in [3.8, 4) is 5.75 Å². The van der Waals surface area contributed by atoms with E-state index in [-0.39, 0.29) is 17.6 Å². The van der Waals surface area contributed by atoms with Gasteiger partial charge in [0.2, 0.25) is 5.91 Å². The van der Waals surface area contributed by atoms with Crippen LogP contribution < -0.4 is 10.6 Å². The predicted octanol–water partition coefficient (Wildman–Crippen LogP) is 3.24. The molecule has 2 aromatic rings. The number of carbonyl (C=O) groups is 1. The molecule has 0 aromatic heterocycles. The number of hydrogen-bond acceptors (Lipinski definition) is 3. The van der Waals surface area contributed by atoms with E-state index in [0.29, 0.717) is 12.1 Å². The Morgan fingerprint density at radius 1 is 1.33 bits per heavy atom. The molecule has 0 saturated carbocycles. The van der Waals surface area contributed by atoms with E-state index >= 15 is 0 Å². The van der Waals surface area contributed by atoms with Crippen molar-refractivity contribution in [2.24, 2.45) is 0 Å². The quantitative estimate of drug-likeness (QED) is 0.757. The van der Waals surface area contributed by atoms with Crippen LogP contribution in [0, 0.1) is 6.92 Å². The van der Waals surface area contributed by atoms with Crippen LogP contribution in [0.3, 0.4) is 0 Å². The summed E-state index contributed by atoms with van der Waals surface area (Å²) < 4.78 is 0. The van der Waals surface area contributed by atoms with E-state index in [4.69, 9.17) is 0 Å². The minimum absolute atomic E-state index is 0.0839. The molecule has 3 rings (SSSR count). The van der Waals surface area contributed by atoms with Gasteiger partial charge >= 0.3 is 0 Å². The van der Waals surface area contributed by atoms with Gasteiger partial charge in [-0.15, -0.1) is 0 Å². The number of aromatic hydroxyl groups is 1. The Bertz CT molecular complexity index is 682. The number of phenols is 1. The van der Waals surface area contributed by atoms with E-state index in [1.165, 1.54) is 5.56 Å². The zero-order chi connectivity index (χ0) is 14.8. The van der Waals surface area contributed by atoms with Crippen LogP contribution in [0.15, 0.2) is 42.5 Å². The molecule has 1 atom stereocenters. The van der Waals surface area contributed by atoms with Crippen LogP contribution in [0.2, 0.25) is 0 Å². The highest BCUT2D eigenvalue weighted by atomic mass is 16.3. The summed E-state index contributed by atoms with van der Waals surface area (Å²) in [5.74, 6) is 0.187. The van der Waals surface area contributed by atoms with Gasteiger partial charge in [-0.2, -0.15) is 0 Å². The third-order valence-corrected chi connectivity index (χ3v) is 3.80. The zero-order valence-electron chi connectivity index (χ0n) is 11.9. The number of fused-ring (bicyclic) bond motifs is 1. The normalized spacial score (nSPS) is 16.1. The molecule has 2 aromatic carbocycles. The molecule has 0 aliphatic carbocycles. The number of aryl methyl sites for hydroxylation is 1. The molecule has 4 nitrogen and oxygen atoms in total. The molecule has 0 bridgehead atoms. The number of phenolic OH excluding ortho intramolecular Hbond substituents is 1. The number of nitrogens with one attached hydrogen (secondary N) is 2. The average Bonchev–Trinajstić information content (AvgIpc) is 2.86. The summed E-state index contributed by atoms with van der Waals surface area (Å²) in [6.07, 6.45) is 0.400. The molecule has 108 valence electrons. The SMILES string of the molecule is Cc1ccc(O)c(NC(=O)CC2CNc3ccccc32)c1. The van der Waals surface area contributed by atoms with Crippen molar-refractivity contribution >= 4 is 17.3 Å². The third-order valence-electron chi connectivity index (χ3n) is 3.80. The highest BCUT2D eigenvalue weighted by Crippen LogP contribution is 2.33. The van der Waals surface area contributed by atoms with Gasteiger partial charge in [0, 0.05) is 24.6 Å². The van der Waals surface area contributed by atoms with E-state index in [9.17, 15) is 9.90 Å². The van der Waals surface area contributed by atoms with Gasteiger partial charge in [-0.1, -0.05) is 24.3 Å². The Morgan fingerprint density at radius 2 is 2.14 bits per heavy atom. The third kappa shape index (κ3) is 2.84. The van der Waals surface area contributed by atoms with Gasteiger partial charge in [0.1, 0.15) is 5.75 Å². The number of rotatable bonds is 3. The first kappa shape index (κ1) is 13.5. The molecule has 1 aliphatic rings. The Morgan fingerprint density at radius 3 is 3.00 bits per heavy atom. The minimum Gasteiger partial charge on any atom is -0.506 e. The van der Waals surface area contributed by atoms with Crippen molar-refractivity contribution in [1.82, 2.24) is 0 Å². The minimum atomic E-state index is -0.0839. The standard InChI is InChI=1S/C17H18N2O2/c1-11-6-7-16(20)15(8-11)19-17(21)9-12-10-18-14-5-3-2-4-13(12)14/h2-8,12,18,20H,9-10H2,1H3,(H,19,21). The first-order chi connectivity index (χ1) is 10.1. The molecule has 0 radical (unpaired) electrons. The first-order valence-corrected chi connectivity index (χ1v) is 7.06. The fourth-order valence-corrected chi connectivity index (χ4v) is 2.71. The highest BCUT2D eigenvalue weighted by Gasteiger charge is 2.24. The lowest BCUT2D eigenvalue weighted by atomic mass is 9.97. The van der Waals surface area contributed by atoms with E-state index in [0.717, 1.165) is 17.8 Å². The van der Waals surface area contributed by atoms with Crippen molar-refractivity contribution < 1.29 is 9.90 Å². The Balaban J connectivity index is 1.69. The van der Waals surface area contributed by atoms with Crippen LogP contribution in [0.5, 0.6) is 5.75 Å². The number of para-hydroxylation sites is 1. The lowest BCUT2D eigenvalue weighted by Crippen LogP contribution is -2.16. The van der Waals surface area contributed by atoms with Crippen LogP contribution in [0.1, 0.15) is 23.5 Å². The molecular formula is C17H18N2O2. The molecular weight excluding hydrogens is 264 g/mol. The molecule has 4 heteroatoms. The lowest BCUT2D eigenvalue weighted by Gasteiger charge is -2.12. The summed E-state index contributed by atoms with van der Waals surface area (Å²) in [4.78, 5) is 12.2. The second-order valence-electron chi connectivity index (χ2n) is 5.44. The largest absolute Gasteiger partial charge is 0.506 e. The Labute approximate surface area is 123 Å². The molecule has 1 heterocycles. The van der Waals surface area contributed by atoms with Gasteiger partial charge in [0.05, 0.1) is 5.69 Å². The van der Waals surface area contributed by atoms with Gasteiger partial charge < -0.3 is 15.7 Å². The van der Waals surface area contributed by atoms with Crippen molar-refractivity contribution in [2.75, 3.05) is 17.2 Å². The van der Waals surface area contributed by atoms with Gasteiger partial charge in [0.15, 0.2) is 0 Å². The van der Waals surface area contributed by atoms with Gasteiger partial charge in [-0.05, 0) is 36.2 Å². The van der Waals surface area contributed by atoms with Crippen molar-refractivity contribution in [2.45, 2.75) is 19.3 Å². The predicted molar refractivity (Wildman–Crippen MR) is 83.8 cm³/mol. The summed E-state index contributed by atoms with van der Waals surface area (Å²) in [6.45, 7) is 2.69. The van der Waals surface area contributed by atoms with Gasteiger partial charge in [0.25, 0.3) is 0 Å².